The Hall–Kier alpha value is -7.15. The molecule has 3 N–H and O–H groups in total. The second kappa shape index (κ2) is 19.8. The summed E-state index contributed by atoms with van der Waals surface area (Å²) >= 11 is 0. The zero-order chi connectivity index (χ0) is 46.6. The minimum atomic E-state index is -0.180. The summed E-state index contributed by atoms with van der Waals surface area (Å²) in [5.41, 5.74) is 6.88. The maximum Gasteiger partial charge on any atom is 0.240 e. The molecule has 6 aromatic rings. The van der Waals surface area contributed by atoms with Crippen LogP contribution in [0.5, 0.6) is 23.3 Å². The van der Waals surface area contributed by atoms with Crippen LogP contribution in [0.2, 0.25) is 0 Å². The van der Waals surface area contributed by atoms with Crippen LogP contribution in [-0.4, -0.2) is 144 Å². The molecule has 4 atom stereocenters. The topological polar surface area (TPSA) is 194 Å². The van der Waals surface area contributed by atoms with Gasteiger partial charge in [0.25, 0.3) is 0 Å². The molecule has 19 nitrogen and oxygen atoms in total. The van der Waals surface area contributed by atoms with Crippen molar-refractivity contribution in [3.05, 3.63) is 73.3 Å². The number of nitrogens with zero attached hydrogens (tertiary/aromatic N) is 9. The van der Waals surface area contributed by atoms with E-state index in [1.807, 2.05) is 67.5 Å². The number of benzene rings is 2. The number of methoxy groups -OCH3 is 2. The van der Waals surface area contributed by atoms with Gasteiger partial charge in [-0.15, -0.1) is 0 Å². The van der Waals surface area contributed by atoms with Gasteiger partial charge in [0.05, 0.1) is 61.8 Å². The van der Waals surface area contributed by atoms with E-state index in [4.69, 9.17) is 28.9 Å². The van der Waals surface area contributed by atoms with Crippen molar-refractivity contribution < 1.29 is 33.3 Å². The van der Waals surface area contributed by atoms with E-state index in [0.717, 1.165) is 90.0 Å². The summed E-state index contributed by atoms with van der Waals surface area (Å²) in [5, 5.41) is 17.9. The zero-order valence-corrected chi connectivity index (χ0v) is 38.6. The number of amides is 3. The van der Waals surface area contributed by atoms with Crippen LogP contribution in [0, 0.1) is 11.8 Å². The summed E-state index contributed by atoms with van der Waals surface area (Å²) in [6.45, 7) is 13.5. The molecule has 4 saturated heterocycles. The quantitative estimate of drug-likeness (QED) is 0.161. The first-order valence-corrected chi connectivity index (χ1v) is 22.9. The predicted molar refractivity (Wildman–Crippen MR) is 252 cm³/mol. The standard InChI is InChI=1S/C25H30N6O4.C23H28N6O3/c1-16(19-13-24(33)26-14-19)35-25-22-6-7-27-31(22)15-20(28-25)18-4-5-21(23(12-18)34-3)30-10-8-29(9-11-30)17(2)32;1-15(17-12-22(30)25-13-17)32-23-20-5-6-26-29(20)14-18(27-23)16-3-4-19(21(11-16)31-2)28-9-7-24-8-10-28/h4-7,12,15-16,19H,8-11,13-14H2,1-3H3,(H,26,33);3-6,11,14-15,17,24H,7-10,12-13H2,1-2H3,(H,25,30)/t16-,19-;15-,17-/m11/s1. The molecule has 67 heavy (non-hydrogen) atoms. The van der Waals surface area contributed by atoms with Gasteiger partial charge in [-0.1, -0.05) is 12.1 Å². The average Bonchev–Trinajstić information content (AvgIpc) is 4.20. The van der Waals surface area contributed by atoms with Crippen molar-refractivity contribution in [2.45, 2.75) is 45.8 Å². The molecule has 4 fully saturated rings. The van der Waals surface area contributed by atoms with Gasteiger partial charge < -0.3 is 49.6 Å². The molecular weight excluding hydrogens is 857 g/mol. The fraction of sp³-hybridized carbons (Fsp3) is 0.438. The first kappa shape index (κ1) is 45.0. The highest BCUT2D eigenvalue weighted by molar-refractivity contribution is 5.79. The molecule has 2 aromatic carbocycles. The van der Waals surface area contributed by atoms with Crippen LogP contribution >= 0.6 is 0 Å². The van der Waals surface area contributed by atoms with E-state index in [-0.39, 0.29) is 41.8 Å². The third kappa shape index (κ3) is 9.87. The Balaban J connectivity index is 0.000000169. The van der Waals surface area contributed by atoms with E-state index in [1.165, 1.54) is 0 Å². The van der Waals surface area contributed by atoms with E-state index in [9.17, 15) is 14.4 Å². The van der Waals surface area contributed by atoms with E-state index >= 15 is 0 Å². The number of carbonyl (C=O) groups is 3. The van der Waals surface area contributed by atoms with Crippen LogP contribution in [0.25, 0.3) is 33.5 Å². The second-order valence-electron chi connectivity index (χ2n) is 17.4. The molecule has 0 radical (unpaired) electrons. The zero-order valence-electron chi connectivity index (χ0n) is 38.6. The Labute approximate surface area is 388 Å². The summed E-state index contributed by atoms with van der Waals surface area (Å²) in [6.07, 6.45) is 7.80. The number of hydrogen-bond donors (Lipinski definition) is 3. The molecule has 0 bridgehead atoms. The summed E-state index contributed by atoms with van der Waals surface area (Å²) < 4.78 is 27.5. The fourth-order valence-electron chi connectivity index (χ4n) is 9.07. The van der Waals surface area contributed by atoms with E-state index in [2.05, 4.69) is 48.1 Å². The SMILES string of the molecule is COc1cc(-c2cn3nccc3c(O[C@H](C)[C@H]3CNC(=O)C3)n2)ccc1N1CCN(C(C)=O)CC1.COc1cc(-c2cn3nccc3c(O[C@H](C)[C@H]3CNC(=O)C3)n2)ccc1N1CCNCC1. The normalized spacial score (nSPS) is 19.4. The first-order valence-electron chi connectivity index (χ1n) is 22.9. The van der Waals surface area contributed by atoms with Gasteiger partial charge in [0, 0.05) is 108 Å². The molecule has 0 aliphatic carbocycles. The van der Waals surface area contributed by atoms with Crippen LogP contribution in [0.1, 0.15) is 33.6 Å². The van der Waals surface area contributed by atoms with Crippen LogP contribution in [0.3, 0.4) is 0 Å². The fourth-order valence-corrected chi connectivity index (χ4v) is 9.07. The summed E-state index contributed by atoms with van der Waals surface area (Å²) in [4.78, 5) is 51.0. The lowest BCUT2D eigenvalue weighted by atomic mass is 10.0. The highest BCUT2D eigenvalue weighted by Crippen LogP contribution is 2.36. The lowest BCUT2D eigenvalue weighted by molar-refractivity contribution is -0.129. The van der Waals surface area contributed by atoms with Crippen molar-refractivity contribution in [1.29, 1.82) is 0 Å². The Kier molecular flexibility index (Phi) is 13.3. The number of rotatable bonds is 12. The Morgan fingerprint density at radius 3 is 1.54 bits per heavy atom. The van der Waals surface area contributed by atoms with Gasteiger partial charge in [0.1, 0.15) is 34.7 Å². The molecule has 4 aliphatic heterocycles. The predicted octanol–water partition coefficient (Wildman–Crippen LogP) is 3.69. The van der Waals surface area contributed by atoms with Crippen molar-refractivity contribution in [3.63, 3.8) is 0 Å². The van der Waals surface area contributed by atoms with Gasteiger partial charge in [0.2, 0.25) is 29.5 Å². The number of fused-ring (bicyclic) bond motifs is 2. The molecular formula is C48H58N12O7. The minimum absolute atomic E-state index is 0.0524. The number of piperazine rings is 2. The molecule has 19 heteroatoms. The molecule has 3 amide bonds. The summed E-state index contributed by atoms with van der Waals surface area (Å²) in [7, 11) is 3.35. The van der Waals surface area contributed by atoms with Crippen molar-refractivity contribution in [1.82, 2.24) is 50.0 Å². The highest BCUT2D eigenvalue weighted by Gasteiger charge is 2.31. The van der Waals surface area contributed by atoms with Crippen molar-refractivity contribution in [2.24, 2.45) is 11.8 Å². The van der Waals surface area contributed by atoms with Crippen LogP contribution in [0.4, 0.5) is 11.4 Å². The van der Waals surface area contributed by atoms with E-state index in [1.54, 1.807) is 42.6 Å². The molecule has 352 valence electrons. The number of ether oxygens (including phenoxy) is 4. The largest absolute Gasteiger partial charge is 0.495 e. The number of aromatic nitrogens is 6. The average molecular weight is 915 g/mol. The molecule has 10 rings (SSSR count). The van der Waals surface area contributed by atoms with Crippen molar-refractivity contribution in [3.8, 4) is 45.8 Å². The summed E-state index contributed by atoms with van der Waals surface area (Å²) in [6, 6.07) is 15.9. The monoisotopic (exact) mass is 914 g/mol. The third-order valence-corrected chi connectivity index (χ3v) is 13.1. The number of anilines is 2. The smallest absolute Gasteiger partial charge is 0.240 e. The van der Waals surface area contributed by atoms with Gasteiger partial charge in [-0.3, -0.25) is 14.4 Å². The van der Waals surface area contributed by atoms with Crippen LogP contribution in [-0.2, 0) is 14.4 Å². The van der Waals surface area contributed by atoms with Crippen LogP contribution in [0.15, 0.2) is 73.3 Å². The van der Waals surface area contributed by atoms with Gasteiger partial charge in [-0.25, -0.2) is 19.0 Å². The highest BCUT2D eigenvalue weighted by atomic mass is 16.5. The lowest BCUT2D eigenvalue weighted by Gasteiger charge is -2.36. The van der Waals surface area contributed by atoms with Gasteiger partial charge in [0.15, 0.2) is 0 Å². The molecule has 4 aromatic heterocycles. The number of hydrogen-bond acceptors (Lipinski definition) is 14. The Bertz CT molecular complexity index is 2740. The third-order valence-electron chi connectivity index (χ3n) is 13.1. The maximum absolute atomic E-state index is 11.7. The number of carbonyl (C=O) groups excluding carboxylic acids is 3. The van der Waals surface area contributed by atoms with Gasteiger partial charge in [-0.2, -0.15) is 10.2 Å². The van der Waals surface area contributed by atoms with Crippen LogP contribution < -0.4 is 44.7 Å². The Morgan fingerprint density at radius 1 is 0.657 bits per heavy atom. The molecule has 0 spiro atoms. The van der Waals surface area contributed by atoms with Crippen molar-refractivity contribution >= 4 is 40.1 Å². The maximum atomic E-state index is 11.7. The first-order chi connectivity index (χ1) is 32.5. The van der Waals surface area contributed by atoms with Gasteiger partial charge in [-0.05, 0) is 50.2 Å². The molecule has 4 aliphatic rings. The Morgan fingerprint density at radius 2 is 1.12 bits per heavy atom. The molecule has 0 unspecified atom stereocenters. The van der Waals surface area contributed by atoms with E-state index < -0.39 is 0 Å². The van der Waals surface area contributed by atoms with Gasteiger partial charge >= 0.3 is 0 Å². The number of nitrogens with one attached hydrogen (secondary N) is 3. The van der Waals surface area contributed by atoms with Crippen molar-refractivity contribution in [2.75, 3.05) is 89.5 Å². The minimum Gasteiger partial charge on any atom is -0.495 e. The second-order valence-corrected chi connectivity index (χ2v) is 17.4. The molecule has 8 heterocycles. The summed E-state index contributed by atoms with van der Waals surface area (Å²) in [5.74, 6) is 3.00. The lowest BCUT2D eigenvalue weighted by Crippen LogP contribution is -2.48. The molecule has 0 saturated carbocycles. The van der Waals surface area contributed by atoms with E-state index in [0.29, 0.717) is 56.5 Å².